The lowest BCUT2D eigenvalue weighted by Gasteiger charge is -2.28. The molecule has 0 aromatic heterocycles. The third-order valence-corrected chi connectivity index (χ3v) is 4.86. The Kier molecular flexibility index (Phi) is 5.72. The van der Waals surface area contributed by atoms with Crippen LogP contribution in [0.25, 0.3) is 5.57 Å². The lowest BCUT2D eigenvalue weighted by atomic mass is 9.96. The predicted molar refractivity (Wildman–Crippen MR) is 107 cm³/mol. The summed E-state index contributed by atoms with van der Waals surface area (Å²) in [6, 6.07) is 18.3. The highest BCUT2D eigenvalue weighted by atomic mass is 16.2. The summed E-state index contributed by atoms with van der Waals surface area (Å²) in [5, 5.41) is 2.81. The fourth-order valence-electron chi connectivity index (χ4n) is 3.31. The number of benzene rings is 2. The number of nitrogens with two attached hydrogens (primary N) is 1. The number of carbonyl (C=O) groups excluding carboxylic acids is 2. The van der Waals surface area contributed by atoms with Crippen LogP contribution in [0.5, 0.6) is 0 Å². The van der Waals surface area contributed by atoms with Crippen molar-refractivity contribution in [2.24, 2.45) is 5.73 Å². The molecule has 140 valence electrons. The number of nitrogens with one attached hydrogen (secondary N) is 1. The molecule has 0 aliphatic carbocycles. The summed E-state index contributed by atoms with van der Waals surface area (Å²) in [4.78, 5) is 26.9. The largest absolute Gasteiger partial charge is 0.343 e. The summed E-state index contributed by atoms with van der Waals surface area (Å²) < 4.78 is 0. The number of hydrogen-bond acceptors (Lipinski definition) is 3. The normalized spacial score (nSPS) is 21.2. The van der Waals surface area contributed by atoms with Crippen LogP contribution in [-0.2, 0) is 9.59 Å². The number of nitrogens with zero attached hydrogens (tertiary/aromatic N) is 1. The fraction of sp³-hybridized carbons (Fsp3) is 0.273. The highest BCUT2D eigenvalue weighted by Gasteiger charge is 2.33. The molecule has 2 aromatic rings. The second-order valence-corrected chi connectivity index (χ2v) is 6.92. The molecule has 3 N–H and O–H groups in total. The minimum Gasteiger partial charge on any atom is -0.343 e. The Labute approximate surface area is 159 Å². The molecule has 5 heteroatoms. The minimum atomic E-state index is -0.666. The Bertz CT molecular complexity index is 831. The Morgan fingerprint density at radius 1 is 1.11 bits per heavy atom. The molecule has 27 heavy (non-hydrogen) atoms. The third kappa shape index (κ3) is 4.26. The van der Waals surface area contributed by atoms with Crippen LogP contribution >= 0.6 is 0 Å². The van der Waals surface area contributed by atoms with Crippen molar-refractivity contribution in [3.63, 3.8) is 0 Å². The van der Waals surface area contributed by atoms with Crippen LogP contribution < -0.4 is 11.1 Å². The zero-order valence-corrected chi connectivity index (χ0v) is 15.6. The van der Waals surface area contributed by atoms with Gasteiger partial charge in [0.1, 0.15) is 6.04 Å². The van der Waals surface area contributed by atoms with Gasteiger partial charge in [-0.2, -0.15) is 0 Å². The van der Waals surface area contributed by atoms with E-state index in [4.69, 9.17) is 5.73 Å². The Morgan fingerprint density at radius 3 is 2.30 bits per heavy atom. The first-order valence-corrected chi connectivity index (χ1v) is 9.11. The standard InChI is InChI=1S/C22H25N3O2/c1-15(23)21(26)24-19-13-18(16-9-5-3-6-10-16)14-20(25(2)22(19)27)17-11-7-4-8-12-17/h3-12,14-15,19-20H,13,23H2,1-2H3,(H,24,26)/t15-,19-,20-/m0/s1. The average Bonchev–Trinajstić information content (AvgIpc) is 2.81. The van der Waals surface area contributed by atoms with E-state index in [-0.39, 0.29) is 17.9 Å². The molecule has 0 spiro atoms. The number of carbonyl (C=O) groups is 2. The summed E-state index contributed by atoms with van der Waals surface area (Å²) >= 11 is 0. The van der Waals surface area contributed by atoms with Crippen LogP contribution in [0.3, 0.4) is 0 Å². The van der Waals surface area contributed by atoms with Crippen LogP contribution in [-0.4, -0.2) is 35.8 Å². The topological polar surface area (TPSA) is 75.4 Å². The van der Waals surface area contributed by atoms with Crippen molar-refractivity contribution >= 4 is 17.4 Å². The van der Waals surface area contributed by atoms with Crippen molar-refractivity contribution in [2.75, 3.05) is 7.05 Å². The third-order valence-electron chi connectivity index (χ3n) is 4.86. The zero-order chi connectivity index (χ0) is 19.4. The average molecular weight is 363 g/mol. The fourth-order valence-corrected chi connectivity index (χ4v) is 3.31. The van der Waals surface area contributed by atoms with Gasteiger partial charge in [-0.25, -0.2) is 0 Å². The van der Waals surface area contributed by atoms with Gasteiger partial charge in [0, 0.05) is 13.5 Å². The van der Waals surface area contributed by atoms with E-state index in [1.165, 1.54) is 0 Å². The summed E-state index contributed by atoms with van der Waals surface area (Å²) in [5.74, 6) is -0.452. The molecule has 0 radical (unpaired) electrons. The maximum absolute atomic E-state index is 13.1. The second kappa shape index (κ2) is 8.18. The molecule has 3 atom stereocenters. The van der Waals surface area contributed by atoms with Crippen LogP contribution in [0.15, 0.2) is 66.7 Å². The number of hydrogen-bond donors (Lipinski definition) is 2. The molecule has 0 bridgehead atoms. The van der Waals surface area contributed by atoms with Gasteiger partial charge in [-0.1, -0.05) is 66.7 Å². The predicted octanol–water partition coefficient (Wildman–Crippen LogP) is 2.51. The second-order valence-electron chi connectivity index (χ2n) is 6.92. The molecular weight excluding hydrogens is 338 g/mol. The van der Waals surface area contributed by atoms with Crippen LogP contribution in [0, 0.1) is 0 Å². The molecule has 0 saturated heterocycles. The number of rotatable bonds is 4. The molecule has 0 unspecified atom stereocenters. The minimum absolute atomic E-state index is 0.125. The van der Waals surface area contributed by atoms with Gasteiger partial charge in [-0.15, -0.1) is 0 Å². The molecule has 2 aromatic carbocycles. The Balaban J connectivity index is 2.02. The Hall–Kier alpha value is -2.92. The van der Waals surface area contributed by atoms with Crippen molar-refractivity contribution in [1.82, 2.24) is 10.2 Å². The highest BCUT2D eigenvalue weighted by molar-refractivity contribution is 5.92. The van der Waals surface area contributed by atoms with Crippen LogP contribution in [0.4, 0.5) is 0 Å². The van der Waals surface area contributed by atoms with Crippen molar-refractivity contribution in [3.05, 3.63) is 77.9 Å². The number of likely N-dealkylation sites (N-methyl/N-ethyl adjacent to an activating group) is 1. The van der Waals surface area contributed by atoms with Gasteiger partial charge in [0.25, 0.3) is 0 Å². The molecule has 3 rings (SSSR count). The number of amides is 2. The molecule has 0 saturated carbocycles. The first-order chi connectivity index (χ1) is 13.0. The maximum Gasteiger partial charge on any atom is 0.245 e. The molecule has 0 fully saturated rings. The van der Waals surface area contributed by atoms with Crippen LogP contribution in [0.1, 0.15) is 30.5 Å². The van der Waals surface area contributed by atoms with Gasteiger partial charge in [-0.05, 0) is 23.6 Å². The summed E-state index contributed by atoms with van der Waals surface area (Å²) in [6.45, 7) is 1.61. The van der Waals surface area contributed by atoms with Crippen molar-refractivity contribution in [3.8, 4) is 0 Å². The van der Waals surface area contributed by atoms with E-state index < -0.39 is 12.1 Å². The van der Waals surface area contributed by atoms with Gasteiger partial charge in [0.15, 0.2) is 0 Å². The van der Waals surface area contributed by atoms with Gasteiger partial charge < -0.3 is 16.0 Å². The zero-order valence-electron chi connectivity index (χ0n) is 15.6. The van der Waals surface area contributed by atoms with Crippen molar-refractivity contribution in [2.45, 2.75) is 31.5 Å². The SMILES string of the molecule is C[C@H](N)C(=O)N[C@H]1CC(c2ccccc2)=C[C@@H](c2ccccc2)N(C)C1=O. The maximum atomic E-state index is 13.1. The lowest BCUT2D eigenvalue weighted by molar-refractivity contribution is -0.136. The van der Waals surface area contributed by atoms with E-state index in [9.17, 15) is 9.59 Å². The highest BCUT2D eigenvalue weighted by Crippen LogP contribution is 2.32. The van der Waals surface area contributed by atoms with E-state index in [0.717, 1.165) is 16.7 Å². The Morgan fingerprint density at radius 2 is 1.70 bits per heavy atom. The van der Waals surface area contributed by atoms with Crippen molar-refractivity contribution < 1.29 is 9.59 Å². The van der Waals surface area contributed by atoms with Crippen molar-refractivity contribution in [1.29, 1.82) is 0 Å². The first-order valence-electron chi connectivity index (χ1n) is 9.11. The van der Waals surface area contributed by atoms with Gasteiger partial charge in [0.05, 0.1) is 12.1 Å². The monoisotopic (exact) mass is 363 g/mol. The summed E-state index contributed by atoms with van der Waals surface area (Å²) in [6.07, 6.45) is 2.54. The summed E-state index contributed by atoms with van der Waals surface area (Å²) in [5.41, 5.74) is 8.78. The van der Waals surface area contributed by atoms with E-state index in [0.29, 0.717) is 6.42 Å². The lowest BCUT2D eigenvalue weighted by Crippen LogP contribution is -2.50. The van der Waals surface area contributed by atoms with Gasteiger partial charge in [-0.3, -0.25) is 9.59 Å². The van der Waals surface area contributed by atoms with E-state index in [2.05, 4.69) is 11.4 Å². The van der Waals surface area contributed by atoms with E-state index >= 15 is 0 Å². The molecule has 1 aliphatic rings. The molecular formula is C22H25N3O2. The van der Waals surface area contributed by atoms with E-state index in [1.807, 2.05) is 60.7 Å². The van der Waals surface area contributed by atoms with Gasteiger partial charge >= 0.3 is 0 Å². The molecule has 5 nitrogen and oxygen atoms in total. The van der Waals surface area contributed by atoms with Gasteiger partial charge in [0.2, 0.25) is 11.8 Å². The molecule has 1 aliphatic heterocycles. The molecule has 1 heterocycles. The summed E-state index contributed by atoms with van der Waals surface area (Å²) in [7, 11) is 1.77. The quantitative estimate of drug-likeness (QED) is 0.876. The smallest absolute Gasteiger partial charge is 0.245 e. The van der Waals surface area contributed by atoms with E-state index in [1.54, 1.807) is 18.9 Å². The molecule has 2 amide bonds. The van der Waals surface area contributed by atoms with Crippen LogP contribution in [0.2, 0.25) is 0 Å². The first kappa shape index (κ1) is 18.9.